The van der Waals surface area contributed by atoms with Crippen LogP contribution in [0.1, 0.15) is 71.0 Å². The molecule has 4 rings (SSSR count). The second kappa shape index (κ2) is 11.5. The lowest BCUT2D eigenvalue weighted by molar-refractivity contribution is -0.146. The van der Waals surface area contributed by atoms with Crippen molar-refractivity contribution < 1.29 is 37.8 Å². The third kappa shape index (κ3) is 6.68. The molecular formula is C32H32F3NO5. The molecule has 0 bridgehead atoms. The summed E-state index contributed by atoms with van der Waals surface area (Å²) in [6, 6.07) is 17.1. The second-order valence-electron chi connectivity index (χ2n) is 11.4. The topological polar surface area (TPSA) is 94.9 Å². The largest absolute Gasteiger partial charge is 0.481 e. The van der Waals surface area contributed by atoms with Crippen LogP contribution in [0.25, 0.3) is 11.1 Å². The summed E-state index contributed by atoms with van der Waals surface area (Å²) in [5.41, 5.74) is 2.72. The van der Waals surface area contributed by atoms with Crippen molar-refractivity contribution >= 4 is 17.8 Å². The van der Waals surface area contributed by atoms with E-state index in [1.165, 1.54) is 12.1 Å². The summed E-state index contributed by atoms with van der Waals surface area (Å²) in [6.45, 7) is 5.87. The molecule has 0 radical (unpaired) electrons. The zero-order valence-corrected chi connectivity index (χ0v) is 23.0. The first kappa shape index (κ1) is 30.0. The van der Waals surface area contributed by atoms with E-state index in [2.05, 4.69) is 0 Å². The molecule has 2 amide bonds. The number of nitrogens with zero attached hydrogens (tertiary/aromatic N) is 1. The first-order chi connectivity index (χ1) is 19.2. The van der Waals surface area contributed by atoms with E-state index in [4.69, 9.17) is 0 Å². The van der Waals surface area contributed by atoms with Gasteiger partial charge in [0, 0.05) is 6.54 Å². The highest BCUT2D eigenvalue weighted by atomic mass is 19.4. The number of alkyl halides is 3. The van der Waals surface area contributed by atoms with Crippen LogP contribution >= 0.6 is 0 Å². The van der Waals surface area contributed by atoms with Crippen molar-refractivity contribution in [2.24, 2.45) is 5.92 Å². The number of carboxylic acid groups (broad SMARTS) is 1. The number of amides is 2. The quantitative estimate of drug-likeness (QED) is 0.294. The maximum absolute atomic E-state index is 13.0. The van der Waals surface area contributed by atoms with Crippen LogP contribution in [0, 0.1) is 5.92 Å². The Labute approximate surface area is 236 Å². The Kier molecular flexibility index (Phi) is 8.40. The molecule has 41 heavy (non-hydrogen) atoms. The maximum atomic E-state index is 13.0. The number of hydrogen-bond donors (Lipinski definition) is 2. The van der Waals surface area contributed by atoms with Crippen molar-refractivity contribution in [1.82, 2.24) is 4.90 Å². The van der Waals surface area contributed by atoms with E-state index in [1.54, 1.807) is 36.4 Å². The number of imide groups is 1. The van der Waals surface area contributed by atoms with Crippen LogP contribution in [0.3, 0.4) is 0 Å². The van der Waals surface area contributed by atoms with E-state index in [9.17, 15) is 37.8 Å². The van der Waals surface area contributed by atoms with E-state index < -0.39 is 41.5 Å². The van der Waals surface area contributed by atoms with Gasteiger partial charge < -0.3 is 10.2 Å². The molecule has 3 aromatic rings. The van der Waals surface area contributed by atoms with Gasteiger partial charge in [0.25, 0.3) is 11.8 Å². The molecule has 1 heterocycles. The van der Waals surface area contributed by atoms with Gasteiger partial charge in [-0.05, 0) is 71.2 Å². The highest BCUT2D eigenvalue weighted by Gasteiger charge is 2.38. The molecule has 2 N–H and O–H groups in total. The fourth-order valence-corrected chi connectivity index (χ4v) is 4.94. The summed E-state index contributed by atoms with van der Waals surface area (Å²) < 4.78 is 38.4. The molecule has 0 aliphatic carbocycles. The van der Waals surface area contributed by atoms with Crippen LogP contribution in [0.15, 0.2) is 66.7 Å². The number of aliphatic hydroxyl groups excluding tert-OH is 1. The van der Waals surface area contributed by atoms with Crippen molar-refractivity contribution in [2.45, 2.75) is 57.7 Å². The molecule has 0 spiro atoms. The highest BCUT2D eigenvalue weighted by Crippen LogP contribution is 2.32. The maximum Gasteiger partial charge on any atom is 0.416 e. The van der Waals surface area contributed by atoms with Crippen LogP contribution in [0.2, 0.25) is 0 Å². The molecule has 6 nitrogen and oxygen atoms in total. The fourth-order valence-electron chi connectivity index (χ4n) is 4.94. The Morgan fingerprint density at radius 2 is 1.34 bits per heavy atom. The minimum atomic E-state index is -4.41. The molecule has 1 unspecified atom stereocenters. The molecule has 1 aliphatic heterocycles. The standard InChI is InChI=1S/C32H32F3NO5/c1-31(2,3)23-13-14-24-26(18-23)29(39)36(28(24)38)17-16-25(30(40)41)27(37)15-6-19-4-7-20(8-5-19)21-9-11-22(12-10-21)32(33,34)35/h4-5,7-14,18,25,27,37H,6,15-17H2,1-3H3,(H,40,41)/t25?,27-/m1/s1. The van der Waals surface area contributed by atoms with Gasteiger partial charge in [-0.25, -0.2) is 0 Å². The molecule has 0 fully saturated rings. The lowest BCUT2D eigenvalue weighted by Crippen LogP contribution is -2.36. The molecular weight excluding hydrogens is 535 g/mol. The van der Waals surface area contributed by atoms with Crippen LogP contribution in [0.5, 0.6) is 0 Å². The van der Waals surface area contributed by atoms with E-state index in [0.29, 0.717) is 17.5 Å². The van der Waals surface area contributed by atoms with E-state index in [-0.39, 0.29) is 30.4 Å². The van der Waals surface area contributed by atoms with Gasteiger partial charge >= 0.3 is 12.1 Å². The van der Waals surface area contributed by atoms with Gasteiger partial charge in [0.15, 0.2) is 0 Å². The van der Waals surface area contributed by atoms with Crippen molar-refractivity contribution in [3.8, 4) is 11.1 Å². The summed E-state index contributed by atoms with van der Waals surface area (Å²) in [5.74, 6) is -3.35. The van der Waals surface area contributed by atoms with E-state index in [1.807, 2.05) is 26.8 Å². The molecule has 0 saturated carbocycles. The van der Waals surface area contributed by atoms with Crippen LogP contribution in [-0.2, 0) is 22.8 Å². The number of carbonyl (C=O) groups excluding carboxylic acids is 2. The summed E-state index contributed by atoms with van der Waals surface area (Å²) in [6.07, 6.45) is -5.22. The van der Waals surface area contributed by atoms with E-state index in [0.717, 1.165) is 33.7 Å². The number of benzene rings is 3. The van der Waals surface area contributed by atoms with Gasteiger partial charge in [-0.15, -0.1) is 0 Å². The number of carboxylic acids is 1. The van der Waals surface area contributed by atoms with Gasteiger partial charge in [0.05, 0.1) is 28.7 Å². The first-order valence-corrected chi connectivity index (χ1v) is 13.3. The average molecular weight is 568 g/mol. The smallest absolute Gasteiger partial charge is 0.416 e. The number of aliphatic hydroxyl groups is 1. The number of fused-ring (bicyclic) bond motifs is 1. The summed E-state index contributed by atoms with van der Waals surface area (Å²) in [5, 5.41) is 20.5. The van der Waals surface area contributed by atoms with Crippen molar-refractivity contribution in [3.63, 3.8) is 0 Å². The van der Waals surface area contributed by atoms with Gasteiger partial charge in [0.2, 0.25) is 0 Å². The normalized spacial score (nSPS) is 15.1. The van der Waals surface area contributed by atoms with Gasteiger partial charge in [-0.3, -0.25) is 19.3 Å². The van der Waals surface area contributed by atoms with Crippen molar-refractivity contribution in [3.05, 3.63) is 94.5 Å². The summed E-state index contributed by atoms with van der Waals surface area (Å²) in [7, 11) is 0. The second-order valence-corrected chi connectivity index (χ2v) is 11.4. The predicted molar refractivity (Wildman–Crippen MR) is 147 cm³/mol. The SMILES string of the molecule is CC(C)(C)c1ccc2c(c1)C(=O)N(CCC(C(=O)O)[C@H](O)CCc1ccc(-c3ccc(C(F)(F)F)cc3)cc1)C2=O. The average Bonchev–Trinajstić information content (AvgIpc) is 3.15. The lowest BCUT2D eigenvalue weighted by atomic mass is 9.85. The molecule has 1 aliphatic rings. The number of hydrogen-bond acceptors (Lipinski definition) is 4. The first-order valence-electron chi connectivity index (χ1n) is 13.3. The van der Waals surface area contributed by atoms with Crippen molar-refractivity contribution in [1.29, 1.82) is 0 Å². The molecule has 9 heteroatoms. The third-order valence-electron chi connectivity index (χ3n) is 7.51. The van der Waals surface area contributed by atoms with Gasteiger partial charge in [-0.1, -0.05) is 63.2 Å². The highest BCUT2D eigenvalue weighted by molar-refractivity contribution is 6.21. The Hall–Kier alpha value is -3.98. The monoisotopic (exact) mass is 567 g/mol. The Balaban J connectivity index is 1.35. The number of aliphatic carboxylic acids is 1. The molecule has 2 atom stereocenters. The lowest BCUT2D eigenvalue weighted by Gasteiger charge is -2.22. The number of halogens is 3. The zero-order chi connectivity index (χ0) is 30.1. The summed E-state index contributed by atoms with van der Waals surface area (Å²) in [4.78, 5) is 38.9. The summed E-state index contributed by atoms with van der Waals surface area (Å²) >= 11 is 0. The van der Waals surface area contributed by atoms with Crippen LogP contribution in [0.4, 0.5) is 13.2 Å². The van der Waals surface area contributed by atoms with Crippen LogP contribution < -0.4 is 0 Å². The molecule has 216 valence electrons. The Morgan fingerprint density at radius 3 is 1.88 bits per heavy atom. The van der Waals surface area contributed by atoms with Gasteiger partial charge in [0.1, 0.15) is 0 Å². The number of carbonyl (C=O) groups is 3. The van der Waals surface area contributed by atoms with Crippen LogP contribution in [-0.4, -0.2) is 45.5 Å². The Morgan fingerprint density at radius 1 is 0.805 bits per heavy atom. The molecule has 0 aromatic heterocycles. The van der Waals surface area contributed by atoms with Gasteiger partial charge in [-0.2, -0.15) is 13.2 Å². The number of rotatable bonds is 9. The fraction of sp³-hybridized carbons (Fsp3) is 0.344. The predicted octanol–water partition coefficient (Wildman–Crippen LogP) is 6.35. The third-order valence-corrected chi connectivity index (χ3v) is 7.51. The van der Waals surface area contributed by atoms with E-state index >= 15 is 0 Å². The van der Waals surface area contributed by atoms with Crippen molar-refractivity contribution in [2.75, 3.05) is 6.54 Å². The minimum absolute atomic E-state index is 0.0963. The Bertz CT molecular complexity index is 1440. The molecule has 3 aromatic carbocycles. The minimum Gasteiger partial charge on any atom is -0.481 e. The molecule has 0 saturated heterocycles. The zero-order valence-electron chi connectivity index (χ0n) is 23.0. The number of aryl methyl sites for hydroxylation is 1.